The van der Waals surface area contributed by atoms with E-state index in [1.165, 1.54) is 19.4 Å². The van der Waals surface area contributed by atoms with Crippen molar-refractivity contribution in [1.82, 2.24) is 19.7 Å². The second-order valence-corrected chi connectivity index (χ2v) is 9.34. The van der Waals surface area contributed by atoms with Gasteiger partial charge < -0.3 is 19.5 Å². The molecule has 10 heteroatoms. The predicted molar refractivity (Wildman–Crippen MR) is 146 cm³/mol. The van der Waals surface area contributed by atoms with E-state index in [9.17, 15) is 9.59 Å². The number of benzene rings is 2. The summed E-state index contributed by atoms with van der Waals surface area (Å²) < 4.78 is 17.5. The Labute approximate surface area is 226 Å². The van der Waals surface area contributed by atoms with E-state index < -0.39 is 5.97 Å². The molecule has 0 atom stereocenters. The van der Waals surface area contributed by atoms with Crippen LogP contribution in [-0.2, 0) is 33.8 Å². The van der Waals surface area contributed by atoms with Crippen molar-refractivity contribution in [2.45, 2.75) is 19.5 Å². The fourth-order valence-electron chi connectivity index (χ4n) is 4.63. The largest absolute Gasteiger partial charge is 0.497 e. The van der Waals surface area contributed by atoms with Crippen molar-refractivity contribution in [3.05, 3.63) is 83.3 Å². The van der Waals surface area contributed by atoms with E-state index in [0.717, 1.165) is 66.3 Å². The van der Waals surface area contributed by atoms with Crippen molar-refractivity contribution in [2.75, 3.05) is 45.8 Å². The monoisotopic (exact) mass is 529 g/mol. The van der Waals surface area contributed by atoms with E-state index in [1.54, 1.807) is 13.2 Å². The number of hydrogen-bond acceptors (Lipinski definition) is 8. The van der Waals surface area contributed by atoms with E-state index in [1.807, 2.05) is 47.1 Å². The second kappa shape index (κ2) is 12.1. The van der Waals surface area contributed by atoms with Gasteiger partial charge in [-0.1, -0.05) is 24.3 Å². The molecule has 0 spiro atoms. The van der Waals surface area contributed by atoms with Gasteiger partial charge in [0.25, 0.3) is 0 Å². The molecule has 1 aliphatic rings. The standard InChI is InChI=1S/C29H31N5O5/c1-37-23-6-3-20(4-7-23)18-34-27-15-21(5-8-24(27)26(32-34)19-33-11-13-39-14-12-33)16-28(35)31-22-9-10-30-25(17-22)29(36)38-2/h3-10,15,17H,11-14,16,18-19H2,1-2H3,(H,30,31,35). The third-order valence-electron chi connectivity index (χ3n) is 6.66. The van der Waals surface area contributed by atoms with Crippen LogP contribution in [0.4, 0.5) is 5.69 Å². The van der Waals surface area contributed by atoms with Crippen LogP contribution >= 0.6 is 0 Å². The molecule has 10 nitrogen and oxygen atoms in total. The van der Waals surface area contributed by atoms with Gasteiger partial charge in [-0.05, 0) is 41.5 Å². The summed E-state index contributed by atoms with van der Waals surface area (Å²) in [5.74, 6) is 0.0407. The minimum Gasteiger partial charge on any atom is -0.497 e. The summed E-state index contributed by atoms with van der Waals surface area (Å²) in [7, 11) is 2.94. The number of ether oxygens (including phenoxy) is 3. The first-order valence-electron chi connectivity index (χ1n) is 12.8. The number of nitrogens with zero attached hydrogens (tertiary/aromatic N) is 4. The van der Waals surface area contributed by atoms with Crippen LogP contribution in [0, 0.1) is 0 Å². The number of amides is 1. The number of esters is 1. The summed E-state index contributed by atoms with van der Waals surface area (Å²) in [5, 5.41) is 8.90. The van der Waals surface area contributed by atoms with E-state index in [4.69, 9.17) is 19.3 Å². The van der Waals surface area contributed by atoms with Gasteiger partial charge in [0.2, 0.25) is 5.91 Å². The Balaban J connectivity index is 1.39. The maximum Gasteiger partial charge on any atom is 0.356 e. The van der Waals surface area contributed by atoms with Crippen LogP contribution in [0.1, 0.15) is 27.3 Å². The lowest BCUT2D eigenvalue weighted by molar-refractivity contribution is -0.115. The van der Waals surface area contributed by atoms with Crippen molar-refractivity contribution in [2.24, 2.45) is 0 Å². The van der Waals surface area contributed by atoms with E-state index in [2.05, 4.69) is 15.2 Å². The smallest absolute Gasteiger partial charge is 0.356 e. The highest BCUT2D eigenvalue weighted by molar-refractivity contribution is 5.95. The molecule has 2 aromatic heterocycles. The number of rotatable bonds is 9. The highest BCUT2D eigenvalue weighted by atomic mass is 16.5. The highest BCUT2D eigenvalue weighted by Crippen LogP contribution is 2.24. The van der Waals surface area contributed by atoms with Gasteiger partial charge in [0.1, 0.15) is 11.4 Å². The molecule has 1 saturated heterocycles. The number of hydrogen-bond donors (Lipinski definition) is 1. The molecule has 4 aromatic rings. The normalized spacial score (nSPS) is 13.8. The number of carbonyl (C=O) groups excluding carboxylic acids is 2. The van der Waals surface area contributed by atoms with Crippen LogP contribution in [0.2, 0.25) is 0 Å². The molecule has 1 amide bonds. The van der Waals surface area contributed by atoms with Crippen molar-refractivity contribution in [3.63, 3.8) is 0 Å². The highest BCUT2D eigenvalue weighted by Gasteiger charge is 2.18. The number of aromatic nitrogens is 3. The summed E-state index contributed by atoms with van der Waals surface area (Å²) in [6, 6.07) is 17.1. The average Bonchev–Trinajstić information content (AvgIpc) is 3.29. The van der Waals surface area contributed by atoms with Gasteiger partial charge >= 0.3 is 5.97 Å². The molecule has 202 valence electrons. The molecular formula is C29H31N5O5. The Hall–Kier alpha value is -4.28. The molecule has 1 N–H and O–H groups in total. The maximum absolute atomic E-state index is 12.9. The Morgan fingerprint density at radius 3 is 2.49 bits per heavy atom. The molecule has 0 aliphatic carbocycles. The number of pyridine rings is 1. The number of methoxy groups -OCH3 is 2. The third-order valence-corrected chi connectivity index (χ3v) is 6.66. The number of carbonyl (C=O) groups is 2. The molecule has 2 aromatic carbocycles. The number of anilines is 1. The summed E-state index contributed by atoms with van der Waals surface area (Å²) in [5.41, 5.74) is 4.54. The van der Waals surface area contributed by atoms with Crippen molar-refractivity contribution < 1.29 is 23.8 Å². The lowest BCUT2D eigenvalue weighted by Crippen LogP contribution is -2.35. The first kappa shape index (κ1) is 26.3. The van der Waals surface area contributed by atoms with Gasteiger partial charge in [0.15, 0.2) is 0 Å². The van der Waals surface area contributed by atoms with Crippen LogP contribution in [0.5, 0.6) is 5.75 Å². The zero-order valence-electron chi connectivity index (χ0n) is 22.1. The summed E-state index contributed by atoms with van der Waals surface area (Å²) >= 11 is 0. The van der Waals surface area contributed by atoms with Gasteiger partial charge in [0, 0.05) is 36.9 Å². The zero-order valence-corrected chi connectivity index (χ0v) is 22.1. The van der Waals surface area contributed by atoms with E-state index in [-0.39, 0.29) is 18.0 Å². The first-order valence-corrected chi connectivity index (χ1v) is 12.8. The van der Waals surface area contributed by atoms with Crippen molar-refractivity contribution in [1.29, 1.82) is 0 Å². The molecule has 3 heterocycles. The van der Waals surface area contributed by atoms with E-state index >= 15 is 0 Å². The summed E-state index contributed by atoms with van der Waals surface area (Å²) in [4.78, 5) is 31.0. The molecule has 39 heavy (non-hydrogen) atoms. The van der Waals surface area contributed by atoms with Gasteiger partial charge in [-0.25, -0.2) is 9.78 Å². The third kappa shape index (κ3) is 6.42. The fourth-order valence-corrected chi connectivity index (χ4v) is 4.63. The average molecular weight is 530 g/mol. The number of morpholine rings is 1. The first-order chi connectivity index (χ1) is 19.0. The van der Waals surface area contributed by atoms with Crippen molar-refractivity contribution in [3.8, 4) is 5.75 Å². The van der Waals surface area contributed by atoms with Crippen LogP contribution in [-0.4, -0.2) is 72.1 Å². The van der Waals surface area contributed by atoms with Crippen LogP contribution in [0.25, 0.3) is 10.9 Å². The Morgan fingerprint density at radius 2 is 1.74 bits per heavy atom. The van der Waals surface area contributed by atoms with Gasteiger partial charge in [-0.2, -0.15) is 5.10 Å². The minimum atomic E-state index is -0.561. The molecule has 0 unspecified atom stereocenters. The van der Waals surface area contributed by atoms with Crippen molar-refractivity contribution >= 4 is 28.5 Å². The summed E-state index contributed by atoms with van der Waals surface area (Å²) in [6.45, 7) is 4.52. The molecule has 1 aliphatic heterocycles. The Bertz CT molecular complexity index is 1460. The molecular weight excluding hydrogens is 498 g/mol. The molecule has 0 radical (unpaired) electrons. The quantitative estimate of drug-likeness (QED) is 0.329. The predicted octanol–water partition coefficient (Wildman–Crippen LogP) is 3.29. The number of fused-ring (bicyclic) bond motifs is 1. The maximum atomic E-state index is 12.9. The van der Waals surface area contributed by atoms with Gasteiger partial charge in [-0.3, -0.25) is 14.4 Å². The topological polar surface area (TPSA) is 108 Å². The fraction of sp³-hybridized carbons (Fsp3) is 0.310. The molecule has 0 bridgehead atoms. The Kier molecular flexibility index (Phi) is 8.14. The zero-order chi connectivity index (χ0) is 27.2. The van der Waals surface area contributed by atoms with Crippen LogP contribution in [0.3, 0.4) is 0 Å². The molecule has 5 rings (SSSR count). The number of nitrogens with one attached hydrogen (secondary N) is 1. The van der Waals surface area contributed by atoms with Crippen LogP contribution < -0.4 is 10.1 Å². The lowest BCUT2D eigenvalue weighted by atomic mass is 10.1. The van der Waals surface area contributed by atoms with E-state index in [0.29, 0.717) is 12.2 Å². The minimum absolute atomic E-state index is 0.131. The molecule has 0 saturated carbocycles. The van der Waals surface area contributed by atoms with Crippen LogP contribution in [0.15, 0.2) is 60.8 Å². The Morgan fingerprint density at radius 1 is 0.974 bits per heavy atom. The van der Waals surface area contributed by atoms with Gasteiger partial charge in [-0.15, -0.1) is 0 Å². The van der Waals surface area contributed by atoms with Gasteiger partial charge in [0.05, 0.1) is 51.6 Å². The second-order valence-electron chi connectivity index (χ2n) is 9.34. The lowest BCUT2D eigenvalue weighted by Gasteiger charge is -2.25. The molecule has 1 fully saturated rings. The SMILES string of the molecule is COC(=O)c1cc(NC(=O)Cc2ccc3c(CN4CCOCC4)nn(Cc4ccc(OC)cc4)c3c2)ccn1. The summed E-state index contributed by atoms with van der Waals surface area (Å²) in [6.07, 6.45) is 1.62.